The molecule has 0 amide bonds. The van der Waals surface area contributed by atoms with Crippen molar-refractivity contribution in [2.24, 2.45) is 40.4 Å². The first-order chi connectivity index (χ1) is 11.8. The van der Waals surface area contributed by atoms with Crippen LogP contribution in [-0.4, -0.2) is 22.8 Å². The number of ketones is 2. The van der Waals surface area contributed by atoms with E-state index in [1.54, 1.807) is 0 Å². The Morgan fingerprint density at radius 1 is 1.12 bits per heavy atom. The predicted molar refractivity (Wildman–Crippen MR) is 96.9 cm³/mol. The summed E-state index contributed by atoms with van der Waals surface area (Å²) in [5, 5.41) is 10.1. The number of carbonyl (C=O) groups is 2. The van der Waals surface area contributed by atoms with Crippen LogP contribution in [0.1, 0.15) is 78.6 Å². The fourth-order valence-corrected chi connectivity index (χ4v) is 7.83. The molecule has 0 spiro atoms. The number of aliphatic hydroxyl groups excluding tert-OH is 1. The van der Waals surface area contributed by atoms with Gasteiger partial charge in [0.15, 0.2) is 0 Å². The lowest BCUT2D eigenvalue weighted by Crippen LogP contribution is -2.58. The van der Waals surface area contributed by atoms with E-state index in [0.717, 1.165) is 44.9 Å². The van der Waals surface area contributed by atoms with E-state index in [1.807, 2.05) is 6.92 Å². The highest BCUT2D eigenvalue weighted by atomic mass is 16.3. The highest BCUT2D eigenvalue weighted by Crippen LogP contribution is 2.66. The summed E-state index contributed by atoms with van der Waals surface area (Å²) in [6.45, 7) is 6.55. The minimum Gasteiger partial charge on any atom is -0.393 e. The number of Topliss-reactive ketones (excluding diaryl/α,β-unsaturated/α-hetero) is 2. The minimum atomic E-state index is -0.170. The van der Waals surface area contributed by atoms with E-state index in [-0.39, 0.29) is 28.8 Å². The molecule has 0 aromatic rings. The molecule has 3 nitrogen and oxygen atoms in total. The van der Waals surface area contributed by atoms with E-state index >= 15 is 0 Å². The standard InChI is InChI=1S/C22H34O3/c1-4-18(24)17-8-7-16-15-6-5-13-11-14(23)9-10-21(13,2)20(15)19(25)12-22(16,17)3/h13-17,20,23H,4-12H2,1-3H3/t13-,14+,15-,16-,17+,20+,21-,22-/m0/s1. The molecule has 3 heteroatoms. The Hall–Kier alpha value is -0.700. The molecule has 8 atom stereocenters. The molecule has 4 saturated carbocycles. The van der Waals surface area contributed by atoms with E-state index in [9.17, 15) is 14.7 Å². The highest BCUT2D eigenvalue weighted by Gasteiger charge is 2.63. The Labute approximate surface area is 151 Å². The van der Waals surface area contributed by atoms with Crippen LogP contribution >= 0.6 is 0 Å². The SMILES string of the molecule is CCC(=O)[C@H]1CC[C@H]2[C@@H]3CC[C@H]4C[C@H](O)CC[C@]4(C)[C@H]3C(=O)C[C@]12C. The first-order valence-electron chi connectivity index (χ1n) is 10.5. The van der Waals surface area contributed by atoms with Gasteiger partial charge in [0.2, 0.25) is 0 Å². The lowest BCUT2D eigenvalue weighted by atomic mass is 9.44. The van der Waals surface area contributed by atoms with E-state index in [1.165, 1.54) is 0 Å². The Balaban J connectivity index is 1.66. The molecule has 4 aliphatic carbocycles. The van der Waals surface area contributed by atoms with Gasteiger partial charge >= 0.3 is 0 Å². The van der Waals surface area contributed by atoms with Crippen molar-refractivity contribution in [2.75, 3.05) is 0 Å². The molecule has 4 aliphatic rings. The van der Waals surface area contributed by atoms with Crippen LogP contribution < -0.4 is 0 Å². The first kappa shape index (κ1) is 17.7. The summed E-state index contributed by atoms with van der Waals surface area (Å²) < 4.78 is 0. The monoisotopic (exact) mass is 346 g/mol. The van der Waals surface area contributed by atoms with Crippen molar-refractivity contribution >= 4 is 11.6 Å². The van der Waals surface area contributed by atoms with Gasteiger partial charge in [-0.25, -0.2) is 0 Å². The molecule has 4 rings (SSSR count). The second-order valence-electron chi connectivity index (χ2n) is 10.1. The molecule has 0 radical (unpaired) electrons. The number of fused-ring (bicyclic) bond motifs is 5. The zero-order chi connectivity index (χ0) is 18.0. The minimum absolute atomic E-state index is 0.0768. The van der Waals surface area contributed by atoms with Gasteiger partial charge in [-0.2, -0.15) is 0 Å². The van der Waals surface area contributed by atoms with Crippen LogP contribution in [0.3, 0.4) is 0 Å². The van der Waals surface area contributed by atoms with E-state index in [0.29, 0.717) is 42.2 Å². The van der Waals surface area contributed by atoms with Crippen LogP contribution in [0, 0.1) is 40.4 Å². The largest absolute Gasteiger partial charge is 0.393 e. The van der Waals surface area contributed by atoms with Gasteiger partial charge in [-0.05, 0) is 73.5 Å². The van der Waals surface area contributed by atoms with Gasteiger partial charge in [0.25, 0.3) is 0 Å². The number of hydrogen-bond acceptors (Lipinski definition) is 3. The molecule has 0 heterocycles. The van der Waals surface area contributed by atoms with Crippen LogP contribution in [-0.2, 0) is 9.59 Å². The Bertz CT molecular complexity index is 584. The van der Waals surface area contributed by atoms with Crippen LogP contribution in [0.15, 0.2) is 0 Å². The van der Waals surface area contributed by atoms with Gasteiger partial charge in [0.05, 0.1) is 6.10 Å². The van der Waals surface area contributed by atoms with Gasteiger partial charge in [0, 0.05) is 24.7 Å². The fourth-order valence-electron chi connectivity index (χ4n) is 7.83. The van der Waals surface area contributed by atoms with Crippen molar-refractivity contribution in [3.05, 3.63) is 0 Å². The number of carbonyl (C=O) groups excluding carboxylic acids is 2. The quantitative estimate of drug-likeness (QED) is 0.816. The van der Waals surface area contributed by atoms with Crippen molar-refractivity contribution in [3.63, 3.8) is 0 Å². The predicted octanol–water partition coefficient (Wildman–Crippen LogP) is 4.16. The molecule has 1 N–H and O–H groups in total. The summed E-state index contributed by atoms with van der Waals surface area (Å²) in [6.07, 6.45) is 8.16. The molecule has 0 aromatic heterocycles. The van der Waals surface area contributed by atoms with Crippen molar-refractivity contribution in [1.82, 2.24) is 0 Å². The lowest BCUT2D eigenvalue weighted by Gasteiger charge is -2.59. The van der Waals surface area contributed by atoms with E-state index in [2.05, 4.69) is 13.8 Å². The van der Waals surface area contributed by atoms with Gasteiger partial charge in [-0.3, -0.25) is 9.59 Å². The Morgan fingerprint density at radius 3 is 2.60 bits per heavy atom. The smallest absolute Gasteiger partial charge is 0.137 e. The first-order valence-corrected chi connectivity index (χ1v) is 10.5. The summed E-state index contributed by atoms with van der Waals surface area (Å²) in [4.78, 5) is 25.9. The third-order valence-corrected chi connectivity index (χ3v) is 9.06. The van der Waals surface area contributed by atoms with Crippen LogP contribution in [0.4, 0.5) is 0 Å². The summed E-state index contributed by atoms with van der Waals surface area (Å²) >= 11 is 0. The normalized spacial score (nSPS) is 52.2. The maximum absolute atomic E-state index is 13.4. The van der Waals surface area contributed by atoms with Crippen molar-refractivity contribution < 1.29 is 14.7 Å². The molecule has 0 bridgehead atoms. The van der Waals surface area contributed by atoms with Crippen molar-refractivity contribution in [2.45, 2.75) is 84.7 Å². The average molecular weight is 347 g/mol. The van der Waals surface area contributed by atoms with E-state index < -0.39 is 0 Å². The van der Waals surface area contributed by atoms with Gasteiger partial charge in [-0.1, -0.05) is 20.8 Å². The second-order valence-corrected chi connectivity index (χ2v) is 10.1. The number of aliphatic hydroxyl groups is 1. The maximum atomic E-state index is 13.4. The molecular formula is C22H34O3. The molecule has 4 fully saturated rings. The van der Waals surface area contributed by atoms with Gasteiger partial charge in [-0.15, -0.1) is 0 Å². The molecule has 0 saturated heterocycles. The zero-order valence-electron chi connectivity index (χ0n) is 16.1. The van der Waals surface area contributed by atoms with Crippen molar-refractivity contribution in [3.8, 4) is 0 Å². The molecule has 0 aliphatic heterocycles. The molecule has 140 valence electrons. The molecule has 0 aromatic carbocycles. The van der Waals surface area contributed by atoms with Crippen LogP contribution in [0.25, 0.3) is 0 Å². The maximum Gasteiger partial charge on any atom is 0.137 e. The average Bonchev–Trinajstić information content (AvgIpc) is 2.91. The van der Waals surface area contributed by atoms with Crippen molar-refractivity contribution in [1.29, 1.82) is 0 Å². The van der Waals surface area contributed by atoms with E-state index in [4.69, 9.17) is 0 Å². The Kier molecular flexibility index (Phi) is 4.18. The number of rotatable bonds is 2. The topological polar surface area (TPSA) is 54.4 Å². The van der Waals surface area contributed by atoms with Crippen LogP contribution in [0.2, 0.25) is 0 Å². The molecule has 25 heavy (non-hydrogen) atoms. The van der Waals surface area contributed by atoms with Gasteiger partial charge in [0.1, 0.15) is 11.6 Å². The summed E-state index contributed by atoms with van der Waals surface area (Å²) in [5.41, 5.74) is -0.0177. The fraction of sp³-hybridized carbons (Fsp3) is 0.909. The van der Waals surface area contributed by atoms with Crippen LogP contribution in [0.5, 0.6) is 0 Å². The summed E-state index contributed by atoms with van der Waals surface area (Å²) in [6, 6.07) is 0. The third kappa shape index (κ3) is 2.40. The molecule has 0 unspecified atom stereocenters. The highest BCUT2D eigenvalue weighted by molar-refractivity contribution is 5.87. The molecular weight excluding hydrogens is 312 g/mol. The second kappa shape index (κ2) is 5.90. The summed E-state index contributed by atoms with van der Waals surface area (Å²) in [7, 11) is 0. The van der Waals surface area contributed by atoms with Gasteiger partial charge < -0.3 is 5.11 Å². The summed E-state index contributed by atoms with van der Waals surface area (Å²) in [5.74, 6) is 2.59. The third-order valence-electron chi connectivity index (χ3n) is 9.06. The Morgan fingerprint density at radius 2 is 1.88 bits per heavy atom. The lowest BCUT2D eigenvalue weighted by molar-refractivity contribution is -0.162. The zero-order valence-corrected chi connectivity index (χ0v) is 16.1. The number of hydrogen-bond donors (Lipinski definition) is 1.